The van der Waals surface area contributed by atoms with Gasteiger partial charge in [-0.15, -0.1) is 0 Å². The molecule has 6 atom stereocenters. The van der Waals surface area contributed by atoms with E-state index in [2.05, 4.69) is 111 Å². The molecule has 0 amide bonds. The highest BCUT2D eigenvalue weighted by Gasteiger charge is 2.23. The Labute approximate surface area is 399 Å². The molecular weight excluding hydrogens is 801 g/mol. The van der Waals surface area contributed by atoms with Crippen molar-refractivity contribution in [1.82, 2.24) is 0 Å². The zero-order chi connectivity index (χ0) is 47.9. The minimum atomic E-state index is 0.565. The summed E-state index contributed by atoms with van der Waals surface area (Å²) in [6.45, 7) is 48.9. The van der Waals surface area contributed by atoms with Crippen molar-refractivity contribution >= 4 is 0 Å². The van der Waals surface area contributed by atoms with Gasteiger partial charge in [0.1, 0.15) is 0 Å². The first kappa shape index (κ1) is 61.7. The molecule has 384 valence electrons. The van der Waals surface area contributed by atoms with Gasteiger partial charge in [0.05, 0.1) is 31.5 Å². The van der Waals surface area contributed by atoms with Crippen LogP contribution >= 0.6 is 0 Å². The van der Waals surface area contributed by atoms with Crippen LogP contribution in [-0.2, 0) is 37.9 Å². The first-order valence-corrected chi connectivity index (χ1v) is 27.2. The van der Waals surface area contributed by atoms with Crippen molar-refractivity contribution in [2.24, 2.45) is 76.9 Å². The monoisotopic (exact) mass is 913 g/mol. The molecule has 8 rings (SSSR count). The van der Waals surface area contributed by atoms with E-state index in [1.807, 2.05) is 0 Å². The van der Waals surface area contributed by atoms with Crippen molar-refractivity contribution in [1.29, 1.82) is 0 Å². The zero-order valence-corrected chi connectivity index (χ0v) is 45.5. The molecule has 0 aromatic heterocycles. The van der Waals surface area contributed by atoms with Crippen LogP contribution in [0.15, 0.2) is 0 Å². The van der Waals surface area contributed by atoms with Crippen LogP contribution in [0.1, 0.15) is 181 Å². The van der Waals surface area contributed by atoms with Crippen LogP contribution in [-0.4, -0.2) is 104 Å². The number of hydrogen-bond acceptors (Lipinski definition) is 8. The van der Waals surface area contributed by atoms with Crippen molar-refractivity contribution < 1.29 is 37.9 Å². The van der Waals surface area contributed by atoms with Crippen LogP contribution in [0.3, 0.4) is 0 Å². The van der Waals surface area contributed by atoms with Crippen LogP contribution in [0.25, 0.3) is 0 Å². The van der Waals surface area contributed by atoms with Gasteiger partial charge in [0, 0.05) is 78.6 Å². The van der Waals surface area contributed by atoms with Crippen molar-refractivity contribution in [3.63, 3.8) is 0 Å². The lowest BCUT2D eigenvalue weighted by molar-refractivity contribution is -0.0534. The highest BCUT2D eigenvalue weighted by Crippen LogP contribution is 2.25. The highest BCUT2D eigenvalue weighted by molar-refractivity contribution is 4.71. The number of rotatable bonds is 8. The normalized spacial score (nSPS) is 27.9. The Kier molecular flexibility index (Phi) is 36.2. The molecule has 8 heterocycles. The van der Waals surface area contributed by atoms with Gasteiger partial charge in [-0.3, -0.25) is 0 Å². The molecule has 0 aliphatic carbocycles. The summed E-state index contributed by atoms with van der Waals surface area (Å²) in [6, 6.07) is 0. The lowest BCUT2D eigenvalue weighted by Gasteiger charge is -2.29. The quantitative estimate of drug-likeness (QED) is 0.238. The van der Waals surface area contributed by atoms with Crippen LogP contribution in [0.5, 0.6) is 0 Å². The third-order valence-electron chi connectivity index (χ3n) is 14.7. The SMILES string of the molecule is CC(C)C1CCCO1.CC(C)C1CCOC1.CC(C)C1CCOCC1.CC(C)C1COC1.CC(C)[C@@H]1CCCO1.CC(C)[C@@H]1CCOC1.CC(C)[C@H]1CCCO1.CC(C)[C@H]1CCOC1. The summed E-state index contributed by atoms with van der Waals surface area (Å²) in [6.07, 6.45) is 15.7. The molecule has 8 fully saturated rings. The van der Waals surface area contributed by atoms with Gasteiger partial charge < -0.3 is 37.9 Å². The van der Waals surface area contributed by atoms with Gasteiger partial charge in [0.2, 0.25) is 0 Å². The summed E-state index contributed by atoms with van der Waals surface area (Å²) >= 11 is 0. The van der Waals surface area contributed by atoms with E-state index in [-0.39, 0.29) is 0 Å². The minimum Gasteiger partial charge on any atom is -0.381 e. The third kappa shape index (κ3) is 29.5. The number of hydrogen-bond donors (Lipinski definition) is 0. The van der Waals surface area contributed by atoms with Crippen LogP contribution in [0, 0.1) is 76.9 Å². The largest absolute Gasteiger partial charge is 0.381 e. The molecule has 2 unspecified atom stereocenters. The highest BCUT2D eigenvalue weighted by atomic mass is 16.5. The summed E-state index contributed by atoms with van der Waals surface area (Å²) < 4.78 is 42.1. The Morgan fingerprint density at radius 2 is 0.484 bits per heavy atom. The molecule has 8 aliphatic rings. The maximum absolute atomic E-state index is 5.41. The predicted molar refractivity (Wildman–Crippen MR) is 270 cm³/mol. The summed E-state index contributed by atoms with van der Waals surface area (Å²) in [5, 5.41) is 0. The van der Waals surface area contributed by atoms with Gasteiger partial charge in [-0.2, -0.15) is 0 Å². The van der Waals surface area contributed by atoms with Crippen molar-refractivity contribution in [2.45, 2.75) is 200 Å². The molecule has 0 bridgehead atoms. The van der Waals surface area contributed by atoms with Crippen molar-refractivity contribution in [2.75, 3.05) is 85.9 Å². The fourth-order valence-electron chi connectivity index (χ4n) is 8.64. The van der Waals surface area contributed by atoms with Gasteiger partial charge in [-0.05, 0) is 142 Å². The van der Waals surface area contributed by atoms with E-state index < -0.39 is 0 Å². The second-order valence-electron chi connectivity index (χ2n) is 22.7. The second kappa shape index (κ2) is 37.6. The van der Waals surface area contributed by atoms with E-state index in [1.54, 1.807) is 0 Å². The van der Waals surface area contributed by atoms with Gasteiger partial charge in [0.25, 0.3) is 0 Å². The van der Waals surface area contributed by atoms with Gasteiger partial charge >= 0.3 is 0 Å². The second-order valence-corrected chi connectivity index (χ2v) is 22.7. The molecule has 0 spiro atoms. The standard InChI is InChI=1S/C8H16O.6C7H14O.C6H12O/c1-7(2)8-3-5-9-6-4-8;3*1-6(2)7-3-4-8-5-7;3*1-6(2)7-4-3-5-8-7;1-5(2)6-3-7-4-6/h7-8H,3-6H2,1-2H3;6*6-7H,3-5H2,1-2H3;5-6H,3-4H2,1-2H3/t;2*7-;;2*7-;;/m.10.10../s1. The summed E-state index contributed by atoms with van der Waals surface area (Å²) in [5.41, 5.74) is 0. The Morgan fingerprint density at radius 1 is 0.234 bits per heavy atom. The maximum atomic E-state index is 5.41. The Morgan fingerprint density at radius 3 is 0.594 bits per heavy atom. The van der Waals surface area contributed by atoms with Gasteiger partial charge in [-0.25, -0.2) is 0 Å². The number of ether oxygens (including phenoxy) is 8. The van der Waals surface area contributed by atoms with Crippen LogP contribution in [0.2, 0.25) is 0 Å². The zero-order valence-electron chi connectivity index (χ0n) is 45.5. The fraction of sp³-hybridized carbons (Fsp3) is 1.00. The molecule has 0 radical (unpaired) electrons. The molecule has 8 nitrogen and oxygen atoms in total. The molecular formula is C56H112O8. The van der Waals surface area contributed by atoms with Crippen molar-refractivity contribution in [3.05, 3.63) is 0 Å². The lowest BCUT2D eigenvalue weighted by atomic mass is 9.89. The lowest BCUT2D eigenvalue weighted by Crippen LogP contribution is -2.31. The minimum absolute atomic E-state index is 0.565. The molecule has 8 aliphatic heterocycles. The molecule has 8 heteroatoms. The molecule has 64 heavy (non-hydrogen) atoms. The predicted octanol–water partition coefficient (Wildman–Crippen LogP) is 13.9. The van der Waals surface area contributed by atoms with E-state index in [4.69, 9.17) is 37.9 Å². The van der Waals surface area contributed by atoms with E-state index in [1.165, 1.54) is 70.6 Å². The third-order valence-corrected chi connectivity index (χ3v) is 14.7. The van der Waals surface area contributed by atoms with E-state index in [0.29, 0.717) is 18.3 Å². The topological polar surface area (TPSA) is 73.8 Å². The molecule has 0 aromatic rings. The van der Waals surface area contributed by atoms with E-state index >= 15 is 0 Å². The fourth-order valence-corrected chi connectivity index (χ4v) is 8.64. The average molecular weight is 914 g/mol. The summed E-state index contributed by atoms with van der Waals surface area (Å²) in [4.78, 5) is 0. The molecule has 8 saturated heterocycles. The Bertz CT molecular complexity index is 829. The van der Waals surface area contributed by atoms with Gasteiger partial charge in [-0.1, -0.05) is 111 Å². The summed E-state index contributed by atoms with van der Waals surface area (Å²) in [7, 11) is 0. The summed E-state index contributed by atoms with van der Waals surface area (Å²) in [5.74, 6) is 10.6. The average Bonchev–Trinajstić information content (AvgIpc) is 4.10. The van der Waals surface area contributed by atoms with Crippen molar-refractivity contribution in [3.8, 4) is 0 Å². The smallest absolute Gasteiger partial charge is 0.0598 e. The van der Waals surface area contributed by atoms with Gasteiger partial charge in [0.15, 0.2) is 0 Å². The Balaban J connectivity index is 0.000000366. The van der Waals surface area contributed by atoms with Crippen LogP contribution in [0.4, 0.5) is 0 Å². The van der Waals surface area contributed by atoms with Crippen LogP contribution < -0.4 is 0 Å². The van der Waals surface area contributed by atoms with E-state index in [0.717, 1.165) is 163 Å². The first-order chi connectivity index (χ1) is 30.4. The molecule has 0 N–H and O–H groups in total. The van der Waals surface area contributed by atoms with E-state index in [9.17, 15) is 0 Å². The first-order valence-electron chi connectivity index (χ1n) is 27.2. The molecule has 0 aromatic carbocycles. The Hall–Kier alpha value is -0.320. The maximum Gasteiger partial charge on any atom is 0.0598 e. The molecule has 0 saturated carbocycles.